The van der Waals surface area contributed by atoms with Crippen molar-refractivity contribution in [2.45, 2.75) is 44.2 Å². The largest absolute Gasteiger partial charge is 0.314 e. The lowest BCUT2D eigenvalue weighted by Gasteiger charge is -2.33. The van der Waals surface area contributed by atoms with Crippen molar-refractivity contribution < 1.29 is 0 Å². The Morgan fingerprint density at radius 2 is 1.90 bits per heavy atom. The number of benzene rings is 1. The number of nitrogens with one attached hydrogen (secondary N) is 1. The fourth-order valence-corrected chi connectivity index (χ4v) is 3.56. The summed E-state index contributed by atoms with van der Waals surface area (Å²) < 4.78 is 0. The van der Waals surface area contributed by atoms with Crippen LogP contribution in [0.4, 0.5) is 0 Å². The minimum absolute atomic E-state index is 0.529. The number of nitrogens with zero attached hydrogens (tertiary/aromatic N) is 1. The van der Waals surface area contributed by atoms with E-state index in [-0.39, 0.29) is 0 Å². The second-order valence-corrected chi connectivity index (χ2v) is 6.85. The Hall–Kier alpha value is -0.570. The van der Waals surface area contributed by atoms with E-state index in [2.05, 4.69) is 29.4 Å². The first-order valence-electron chi connectivity index (χ1n) is 7.93. The van der Waals surface area contributed by atoms with Crippen molar-refractivity contribution in [2.24, 2.45) is 5.92 Å². The topological polar surface area (TPSA) is 15.3 Å². The van der Waals surface area contributed by atoms with Crippen molar-refractivity contribution in [3.8, 4) is 0 Å². The molecule has 0 bridgehead atoms. The summed E-state index contributed by atoms with van der Waals surface area (Å²) in [5.74, 6) is 0.712. The first-order chi connectivity index (χ1) is 9.74. The number of halogens is 1. The number of rotatable bonds is 4. The maximum Gasteiger partial charge on any atom is 0.0406 e. The van der Waals surface area contributed by atoms with Gasteiger partial charge in [0.25, 0.3) is 0 Å². The Kier molecular flexibility index (Phi) is 4.65. The molecule has 1 aromatic carbocycles. The maximum absolute atomic E-state index is 6.04. The van der Waals surface area contributed by atoms with E-state index in [9.17, 15) is 0 Å². The zero-order chi connectivity index (χ0) is 13.9. The van der Waals surface area contributed by atoms with E-state index in [0.29, 0.717) is 12.0 Å². The quantitative estimate of drug-likeness (QED) is 0.906. The molecule has 1 aliphatic heterocycles. The van der Waals surface area contributed by atoms with Crippen LogP contribution in [0.15, 0.2) is 24.3 Å². The molecule has 2 atom stereocenters. The van der Waals surface area contributed by atoms with E-state index in [1.54, 1.807) is 0 Å². The molecule has 2 unspecified atom stereocenters. The zero-order valence-electron chi connectivity index (χ0n) is 12.3. The number of hydrogen-bond donors (Lipinski definition) is 1. The molecule has 1 aliphatic carbocycles. The molecule has 2 fully saturated rings. The molecule has 3 heteroatoms. The Bertz CT molecular complexity index is 427. The summed E-state index contributed by atoms with van der Waals surface area (Å²) in [6.07, 6.45) is 6.74. The predicted molar refractivity (Wildman–Crippen MR) is 85.2 cm³/mol. The van der Waals surface area contributed by atoms with Crippen LogP contribution >= 0.6 is 11.6 Å². The van der Waals surface area contributed by atoms with Crippen LogP contribution in [0, 0.1) is 5.92 Å². The smallest absolute Gasteiger partial charge is 0.0406 e. The highest BCUT2D eigenvalue weighted by Gasteiger charge is 2.30. The van der Waals surface area contributed by atoms with Gasteiger partial charge in [-0.2, -0.15) is 0 Å². The highest BCUT2D eigenvalue weighted by atomic mass is 35.5. The van der Waals surface area contributed by atoms with Gasteiger partial charge in [0.1, 0.15) is 0 Å². The molecule has 110 valence electrons. The van der Waals surface area contributed by atoms with E-state index >= 15 is 0 Å². The lowest BCUT2D eigenvalue weighted by molar-refractivity contribution is 0.189. The molecule has 1 saturated carbocycles. The highest BCUT2D eigenvalue weighted by molar-refractivity contribution is 6.30. The first-order valence-corrected chi connectivity index (χ1v) is 8.31. The molecule has 1 heterocycles. The molecule has 2 nitrogen and oxygen atoms in total. The summed E-state index contributed by atoms with van der Waals surface area (Å²) in [5, 5.41) is 4.56. The third-order valence-corrected chi connectivity index (χ3v) is 4.97. The van der Waals surface area contributed by atoms with Crippen molar-refractivity contribution in [3.05, 3.63) is 34.9 Å². The van der Waals surface area contributed by atoms with Gasteiger partial charge in [-0.3, -0.25) is 4.90 Å². The van der Waals surface area contributed by atoms with Gasteiger partial charge in [0.2, 0.25) is 0 Å². The van der Waals surface area contributed by atoms with E-state index in [0.717, 1.165) is 17.6 Å². The third kappa shape index (κ3) is 3.55. The molecule has 0 radical (unpaired) electrons. The van der Waals surface area contributed by atoms with Gasteiger partial charge in [0.15, 0.2) is 0 Å². The van der Waals surface area contributed by atoms with Crippen LogP contribution < -0.4 is 5.32 Å². The molecule has 3 rings (SSSR count). The van der Waals surface area contributed by atoms with Gasteiger partial charge in [-0.15, -0.1) is 0 Å². The Morgan fingerprint density at radius 1 is 1.15 bits per heavy atom. The normalized spacial score (nSPS) is 28.3. The summed E-state index contributed by atoms with van der Waals surface area (Å²) in [4.78, 5) is 2.54. The SMILES string of the molecule is CN1CCCCC(CNC2CC2)C1c1ccc(Cl)cc1. The molecule has 0 spiro atoms. The standard InChI is InChI=1S/C17H25ClN2/c1-20-11-3-2-4-14(12-19-16-9-10-16)17(20)13-5-7-15(18)8-6-13/h5-8,14,16-17,19H,2-4,9-12H2,1H3. The van der Waals surface area contributed by atoms with Crippen LogP contribution in [0.3, 0.4) is 0 Å². The van der Waals surface area contributed by atoms with Crippen molar-refractivity contribution in [3.63, 3.8) is 0 Å². The van der Waals surface area contributed by atoms with Crippen LogP contribution in [-0.2, 0) is 0 Å². The van der Waals surface area contributed by atoms with E-state index in [4.69, 9.17) is 11.6 Å². The molecular weight excluding hydrogens is 268 g/mol. The predicted octanol–water partition coefficient (Wildman–Crippen LogP) is 3.87. The fraction of sp³-hybridized carbons (Fsp3) is 0.647. The maximum atomic E-state index is 6.04. The van der Waals surface area contributed by atoms with E-state index in [1.165, 1.54) is 44.2 Å². The first kappa shape index (κ1) is 14.4. The van der Waals surface area contributed by atoms with Crippen molar-refractivity contribution in [1.82, 2.24) is 10.2 Å². The van der Waals surface area contributed by atoms with Crippen molar-refractivity contribution in [2.75, 3.05) is 20.1 Å². The summed E-state index contributed by atoms with van der Waals surface area (Å²) in [6, 6.07) is 9.80. The van der Waals surface area contributed by atoms with E-state index < -0.39 is 0 Å². The monoisotopic (exact) mass is 292 g/mol. The molecule has 1 N–H and O–H groups in total. The summed E-state index contributed by atoms with van der Waals surface area (Å²) >= 11 is 6.04. The van der Waals surface area contributed by atoms with E-state index in [1.807, 2.05) is 12.1 Å². The van der Waals surface area contributed by atoms with Gasteiger partial charge >= 0.3 is 0 Å². The zero-order valence-corrected chi connectivity index (χ0v) is 13.1. The van der Waals surface area contributed by atoms with Gasteiger partial charge in [-0.25, -0.2) is 0 Å². The van der Waals surface area contributed by atoms with Gasteiger partial charge in [-0.1, -0.05) is 30.2 Å². The molecule has 20 heavy (non-hydrogen) atoms. The average Bonchev–Trinajstić information content (AvgIpc) is 3.26. The summed E-state index contributed by atoms with van der Waals surface area (Å²) in [5.41, 5.74) is 1.42. The number of hydrogen-bond acceptors (Lipinski definition) is 2. The van der Waals surface area contributed by atoms with Crippen molar-refractivity contribution in [1.29, 1.82) is 0 Å². The van der Waals surface area contributed by atoms with Crippen LogP contribution in [0.1, 0.15) is 43.7 Å². The Morgan fingerprint density at radius 3 is 2.60 bits per heavy atom. The van der Waals surface area contributed by atoms with Crippen LogP contribution in [0.5, 0.6) is 0 Å². The Balaban J connectivity index is 1.77. The highest BCUT2D eigenvalue weighted by Crippen LogP contribution is 2.35. The average molecular weight is 293 g/mol. The second-order valence-electron chi connectivity index (χ2n) is 6.42. The number of likely N-dealkylation sites (tertiary alicyclic amines) is 1. The second kappa shape index (κ2) is 6.46. The lowest BCUT2D eigenvalue weighted by atomic mass is 9.89. The minimum Gasteiger partial charge on any atom is -0.314 e. The van der Waals surface area contributed by atoms with Crippen LogP contribution in [0.2, 0.25) is 5.02 Å². The molecular formula is C17H25ClN2. The molecule has 1 aromatic rings. The third-order valence-electron chi connectivity index (χ3n) is 4.71. The van der Waals surface area contributed by atoms with Gasteiger partial charge < -0.3 is 5.32 Å². The van der Waals surface area contributed by atoms with Gasteiger partial charge in [-0.05, 0) is 62.9 Å². The minimum atomic E-state index is 0.529. The summed E-state index contributed by atoms with van der Waals surface area (Å²) in [6.45, 7) is 2.36. The molecule has 0 amide bonds. The van der Waals surface area contributed by atoms with Crippen LogP contribution in [-0.4, -0.2) is 31.1 Å². The molecule has 0 aromatic heterocycles. The molecule has 1 saturated heterocycles. The van der Waals surface area contributed by atoms with Crippen LogP contribution in [0.25, 0.3) is 0 Å². The summed E-state index contributed by atoms with van der Waals surface area (Å²) in [7, 11) is 2.27. The van der Waals surface area contributed by atoms with Gasteiger partial charge in [0.05, 0.1) is 0 Å². The van der Waals surface area contributed by atoms with Crippen molar-refractivity contribution >= 4 is 11.6 Å². The lowest BCUT2D eigenvalue weighted by Crippen LogP contribution is -2.35. The Labute approximate surface area is 127 Å². The van der Waals surface area contributed by atoms with Gasteiger partial charge in [0, 0.05) is 23.7 Å². The molecule has 2 aliphatic rings. The fourth-order valence-electron chi connectivity index (χ4n) is 3.43.